The Kier molecular flexibility index (Phi) is 3.52. The summed E-state index contributed by atoms with van der Waals surface area (Å²) in [5, 5.41) is -0.270. The lowest BCUT2D eigenvalue weighted by Crippen LogP contribution is -2.32. The summed E-state index contributed by atoms with van der Waals surface area (Å²) in [6.45, 7) is 0.432. The van der Waals surface area contributed by atoms with Gasteiger partial charge in [-0.3, -0.25) is 4.79 Å². The fourth-order valence-electron chi connectivity index (χ4n) is 2.25. The Morgan fingerprint density at radius 3 is 2.76 bits per heavy atom. The smallest absolute Gasteiger partial charge is 0.274 e. The molecule has 0 saturated carbocycles. The minimum absolute atomic E-state index is 0.0252. The number of rotatable bonds is 4. The SMILES string of the molecule is O=Cc1ccc(S(=O)(=O)NC2CCOc3ccccc32)o1. The van der Waals surface area contributed by atoms with Crippen molar-refractivity contribution in [3.63, 3.8) is 0 Å². The van der Waals surface area contributed by atoms with Crippen molar-refractivity contribution in [2.24, 2.45) is 0 Å². The number of benzene rings is 1. The van der Waals surface area contributed by atoms with Gasteiger partial charge in [0.05, 0.1) is 12.6 Å². The highest BCUT2D eigenvalue weighted by Gasteiger charge is 2.28. The van der Waals surface area contributed by atoms with Gasteiger partial charge in [-0.2, -0.15) is 0 Å². The van der Waals surface area contributed by atoms with Crippen molar-refractivity contribution in [2.75, 3.05) is 6.61 Å². The summed E-state index contributed by atoms with van der Waals surface area (Å²) in [5.74, 6) is 0.646. The van der Waals surface area contributed by atoms with Crippen LogP contribution in [0.1, 0.15) is 28.6 Å². The third-order valence-corrected chi connectivity index (χ3v) is 4.58. The number of fused-ring (bicyclic) bond motifs is 1. The maximum Gasteiger partial charge on any atom is 0.274 e. The highest BCUT2D eigenvalue weighted by molar-refractivity contribution is 7.89. The van der Waals surface area contributed by atoms with Gasteiger partial charge in [-0.05, 0) is 18.2 Å². The predicted octanol–water partition coefficient (Wildman–Crippen LogP) is 1.89. The van der Waals surface area contributed by atoms with Gasteiger partial charge in [-0.1, -0.05) is 18.2 Å². The lowest BCUT2D eigenvalue weighted by atomic mass is 10.0. The third-order valence-electron chi connectivity index (χ3n) is 3.24. The van der Waals surface area contributed by atoms with Crippen LogP contribution in [0, 0.1) is 0 Å². The van der Waals surface area contributed by atoms with Gasteiger partial charge in [0.25, 0.3) is 10.0 Å². The maximum atomic E-state index is 12.3. The van der Waals surface area contributed by atoms with Gasteiger partial charge in [-0.15, -0.1) is 0 Å². The zero-order chi connectivity index (χ0) is 14.9. The van der Waals surface area contributed by atoms with E-state index in [4.69, 9.17) is 9.15 Å². The van der Waals surface area contributed by atoms with Crippen LogP contribution in [0.15, 0.2) is 45.9 Å². The lowest BCUT2D eigenvalue weighted by molar-refractivity contribution is 0.109. The molecule has 1 aliphatic rings. The molecule has 1 unspecified atom stereocenters. The van der Waals surface area contributed by atoms with E-state index in [1.54, 1.807) is 6.07 Å². The molecule has 0 amide bonds. The van der Waals surface area contributed by atoms with Gasteiger partial charge < -0.3 is 9.15 Å². The van der Waals surface area contributed by atoms with Crippen molar-refractivity contribution < 1.29 is 22.4 Å². The number of para-hydroxylation sites is 1. The van der Waals surface area contributed by atoms with Crippen LogP contribution >= 0.6 is 0 Å². The Morgan fingerprint density at radius 1 is 1.19 bits per heavy atom. The van der Waals surface area contributed by atoms with E-state index >= 15 is 0 Å². The quantitative estimate of drug-likeness (QED) is 0.872. The maximum absolute atomic E-state index is 12.3. The van der Waals surface area contributed by atoms with E-state index in [1.807, 2.05) is 18.2 Å². The van der Waals surface area contributed by atoms with E-state index in [1.165, 1.54) is 12.1 Å². The molecule has 6 nitrogen and oxygen atoms in total. The highest BCUT2D eigenvalue weighted by Crippen LogP contribution is 2.32. The van der Waals surface area contributed by atoms with Crippen LogP contribution in [0.3, 0.4) is 0 Å². The highest BCUT2D eigenvalue weighted by atomic mass is 32.2. The molecule has 0 radical (unpaired) electrons. The number of furan rings is 1. The van der Waals surface area contributed by atoms with Crippen molar-refractivity contribution >= 4 is 16.3 Å². The molecule has 2 aromatic rings. The molecule has 1 aromatic heterocycles. The van der Waals surface area contributed by atoms with Gasteiger partial charge >= 0.3 is 0 Å². The Labute approximate surface area is 121 Å². The van der Waals surface area contributed by atoms with Gasteiger partial charge in [0.2, 0.25) is 5.09 Å². The zero-order valence-corrected chi connectivity index (χ0v) is 11.8. The summed E-state index contributed by atoms with van der Waals surface area (Å²) in [7, 11) is -3.82. The molecule has 2 heterocycles. The number of carbonyl (C=O) groups is 1. The summed E-state index contributed by atoms with van der Waals surface area (Å²) in [6, 6.07) is 9.47. The number of hydrogen-bond donors (Lipinski definition) is 1. The van der Waals surface area contributed by atoms with E-state index in [-0.39, 0.29) is 16.9 Å². The van der Waals surface area contributed by atoms with E-state index in [9.17, 15) is 13.2 Å². The summed E-state index contributed by atoms with van der Waals surface area (Å²) in [6.07, 6.45) is 0.986. The topological polar surface area (TPSA) is 85.6 Å². The Hall–Kier alpha value is -2.12. The molecule has 1 aromatic carbocycles. The van der Waals surface area contributed by atoms with Crippen LogP contribution in [0.2, 0.25) is 0 Å². The van der Waals surface area contributed by atoms with E-state index in [0.717, 1.165) is 5.56 Å². The van der Waals surface area contributed by atoms with Crippen LogP contribution in [-0.4, -0.2) is 21.3 Å². The first kappa shape index (κ1) is 13.8. The number of sulfonamides is 1. The van der Waals surface area contributed by atoms with Gasteiger partial charge in [0.15, 0.2) is 12.0 Å². The molecular weight excluding hydrogens is 294 g/mol. The summed E-state index contributed by atoms with van der Waals surface area (Å²) < 4.78 is 37.6. The number of ether oxygens (including phenoxy) is 1. The van der Waals surface area contributed by atoms with E-state index in [2.05, 4.69) is 4.72 Å². The normalized spacial score (nSPS) is 17.8. The molecule has 1 N–H and O–H groups in total. The second kappa shape index (κ2) is 5.34. The van der Waals surface area contributed by atoms with Crippen molar-refractivity contribution in [1.82, 2.24) is 4.72 Å². The van der Waals surface area contributed by atoms with Crippen LogP contribution in [0.4, 0.5) is 0 Å². The Balaban J connectivity index is 1.88. The molecule has 110 valence electrons. The van der Waals surface area contributed by atoms with Gasteiger partial charge in [0.1, 0.15) is 5.75 Å². The first-order chi connectivity index (χ1) is 10.1. The summed E-state index contributed by atoms with van der Waals surface area (Å²) >= 11 is 0. The van der Waals surface area contributed by atoms with Crippen molar-refractivity contribution in [1.29, 1.82) is 0 Å². The van der Waals surface area contributed by atoms with Crippen LogP contribution < -0.4 is 9.46 Å². The fraction of sp³-hybridized carbons (Fsp3) is 0.214. The van der Waals surface area contributed by atoms with Crippen LogP contribution in [0.25, 0.3) is 0 Å². The first-order valence-corrected chi connectivity index (χ1v) is 7.87. The third kappa shape index (κ3) is 2.70. The molecule has 0 spiro atoms. The van der Waals surface area contributed by atoms with Crippen molar-refractivity contribution in [3.8, 4) is 5.75 Å². The molecule has 0 aliphatic carbocycles. The molecule has 7 heteroatoms. The molecular formula is C14H13NO5S. The van der Waals surface area contributed by atoms with E-state index in [0.29, 0.717) is 25.1 Å². The zero-order valence-electron chi connectivity index (χ0n) is 11.0. The average Bonchev–Trinajstić information content (AvgIpc) is 2.97. The average molecular weight is 307 g/mol. The number of nitrogens with one attached hydrogen (secondary N) is 1. The molecule has 0 fully saturated rings. The van der Waals surface area contributed by atoms with Crippen molar-refractivity contribution in [3.05, 3.63) is 47.7 Å². The van der Waals surface area contributed by atoms with Crippen LogP contribution in [-0.2, 0) is 10.0 Å². The standard InChI is InChI=1S/C14H13NO5S/c16-9-10-5-6-14(20-10)21(17,18)15-12-7-8-19-13-4-2-1-3-11(12)13/h1-6,9,12,15H,7-8H2. The Bertz CT molecular complexity index is 765. The van der Waals surface area contributed by atoms with Gasteiger partial charge in [0, 0.05) is 12.0 Å². The Morgan fingerprint density at radius 2 is 2.00 bits per heavy atom. The monoisotopic (exact) mass is 307 g/mol. The van der Waals surface area contributed by atoms with E-state index < -0.39 is 10.0 Å². The summed E-state index contributed by atoms with van der Waals surface area (Å²) in [5.41, 5.74) is 0.787. The number of hydrogen-bond acceptors (Lipinski definition) is 5. The molecule has 0 saturated heterocycles. The lowest BCUT2D eigenvalue weighted by Gasteiger charge is -2.25. The number of carbonyl (C=O) groups excluding carboxylic acids is 1. The first-order valence-electron chi connectivity index (χ1n) is 6.39. The minimum atomic E-state index is -3.82. The van der Waals surface area contributed by atoms with Crippen LogP contribution in [0.5, 0.6) is 5.75 Å². The molecule has 3 rings (SSSR count). The van der Waals surface area contributed by atoms with Crippen molar-refractivity contribution in [2.45, 2.75) is 17.6 Å². The van der Waals surface area contributed by atoms with Gasteiger partial charge in [-0.25, -0.2) is 13.1 Å². The predicted molar refractivity (Wildman–Crippen MR) is 73.7 cm³/mol. The molecule has 1 aliphatic heterocycles. The second-order valence-corrected chi connectivity index (χ2v) is 6.27. The number of aldehydes is 1. The molecule has 1 atom stereocenters. The second-order valence-electron chi connectivity index (χ2n) is 4.62. The minimum Gasteiger partial charge on any atom is -0.493 e. The molecule has 21 heavy (non-hydrogen) atoms. The largest absolute Gasteiger partial charge is 0.493 e. The summed E-state index contributed by atoms with van der Waals surface area (Å²) in [4.78, 5) is 10.6. The molecule has 0 bridgehead atoms. The fourth-order valence-corrected chi connectivity index (χ4v) is 3.44.